The lowest BCUT2D eigenvalue weighted by atomic mass is 10.1. The molecule has 0 aliphatic carbocycles. The number of benzene rings is 1. The van der Waals surface area contributed by atoms with Gasteiger partial charge < -0.3 is 9.47 Å². The van der Waals surface area contributed by atoms with Gasteiger partial charge in [0.1, 0.15) is 17.1 Å². The first-order valence-corrected chi connectivity index (χ1v) is 6.50. The molecule has 0 saturated carbocycles. The lowest BCUT2D eigenvalue weighted by molar-refractivity contribution is 0.104. The van der Waals surface area contributed by atoms with Crippen LogP contribution in [0.4, 0.5) is 9.18 Å². The van der Waals surface area contributed by atoms with Gasteiger partial charge in [0.05, 0.1) is 6.61 Å². The van der Waals surface area contributed by atoms with Crippen LogP contribution in [0.15, 0.2) is 18.2 Å². The molecule has 0 fully saturated rings. The van der Waals surface area contributed by atoms with Crippen LogP contribution in [-0.4, -0.2) is 17.7 Å². The molecule has 1 aromatic carbocycles. The van der Waals surface area contributed by atoms with Gasteiger partial charge in [0.2, 0.25) is 0 Å². The highest BCUT2D eigenvalue weighted by Crippen LogP contribution is 2.32. The fourth-order valence-electron chi connectivity index (χ4n) is 2.07. The molecule has 1 aromatic heterocycles. The number of para-hydroxylation sites is 1. The Bertz CT molecular complexity index is 655. The lowest BCUT2D eigenvalue weighted by Gasteiger charge is -2.13. The highest BCUT2D eigenvalue weighted by Gasteiger charge is 2.17. The molecule has 0 N–H and O–H groups in total. The Labute approximate surface area is 116 Å². The van der Waals surface area contributed by atoms with E-state index in [1.54, 1.807) is 26.0 Å². The molecule has 0 spiro atoms. The molecule has 4 nitrogen and oxygen atoms in total. The van der Waals surface area contributed by atoms with Gasteiger partial charge in [-0.05, 0) is 32.4 Å². The first-order valence-electron chi connectivity index (χ1n) is 6.50. The van der Waals surface area contributed by atoms with Crippen LogP contribution in [0.2, 0.25) is 0 Å². The van der Waals surface area contributed by atoms with Crippen molar-refractivity contribution in [3.8, 4) is 5.75 Å². The standard InChI is InChI=1S/C15H16FNO3/c1-4-12-9(3)14(20-15(18)19-5-2)10-7-6-8-11(16)13(10)17-12/h6-8H,4-5H2,1-3H3. The average Bonchev–Trinajstić information content (AvgIpc) is 2.42. The van der Waals surface area contributed by atoms with Gasteiger partial charge in [-0.15, -0.1) is 0 Å². The van der Waals surface area contributed by atoms with Gasteiger partial charge >= 0.3 is 6.16 Å². The van der Waals surface area contributed by atoms with Crippen LogP contribution in [-0.2, 0) is 11.2 Å². The first-order chi connectivity index (χ1) is 9.58. The van der Waals surface area contributed by atoms with E-state index in [-0.39, 0.29) is 12.1 Å². The minimum Gasteiger partial charge on any atom is -0.434 e. The molecule has 0 radical (unpaired) electrons. The predicted molar refractivity (Wildman–Crippen MR) is 73.5 cm³/mol. The highest BCUT2D eigenvalue weighted by molar-refractivity contribution is 5.89. The molecule has 0 bridgehead atoms. The zero-order valence-electron chi connectivity index (χ0n) is 11.7. The van der Waals surface area contributed by atoms with E-state index in [0.29, 0.717) is 23.3 Å². The average molecular weight is 277 g/mol. The summed E-state index contributed by atoms with van der Waals surface area (Å²) in [7, 11) is 0. The van der Waals surface area contributed by atoms with E-state index in [4.69, 9.17) is 9.47 Å². The number of aryl methyl sites for hydroxylation is 1. The Hall–Kier alpha value is -2.17. The predicted octanol–water partition coefficient (Wildman–Crippen LogP) is 3.78. The fraction of sp³-hybridized carbons (Fsp3) is 0.333. The smallest absolute Gasteiger partial charge is 0.434 e. The number of hydrogen-bond acceptors (Lipinski definition) is 4. The third-order valence-corrected chi connectivity index (χ3v) is 3.03. The minimum atomic E-state index is -0.797. The Morgan fingerprint density at radius 3 is 2.75 bits per heavy atom. The molecule has 1 heterocycles. The molecule has 0 aliphatic heterocycles. The van der Waals surface area contributed by atoms with Gasteiger partial charge in [0.15, 0.2) is 0 Å². The van der Waals surface area contributed by atoms with E-state index < -0.39 is 12.0 Å². The zero-order chi connectivity index (χ0) is 14.7. The Morgan fingerprint density at radius 2 is 2.10 bits per heavy atom. The maximum absolute atomic E-state index is 13.9. The number of ether oxygens (including phenoxy) is 2. The topological polar surface area (TPSA) is 48.4 Å². The van der Waals surface area contributed by atoms with Gasteiger partial charge in [-0.2, -0.15) is 0 Å². The number of rotatable bonds is 3. The first kappa shape index (κ1) is 14.2. The number of nitrogens with zero attached hydrogens (tertiary/aromatic N) is 1. The van der Waals surface area contributed by atoms with Crippen LogP contribution in [0.3, 0.4) is 0 Å². The van der Waals surface area contributed by atoms with E-state index in [0.717, 1.165) is 5.56 Å². The van der Waals surface area contributed by atoms with Crippen molar-refractivity contribution >= 4 is 17.1 Å². The van der Waals surface area contributed by atoms with Crippen molar-refractivity contribution in [3.63, 3.8) is 0 Å². The number of pyridine rings is 1. The van der Waals surface area contributed by atoms with Crippen molar-refractivity contribution in [1.29, 1.82) is 0 Å². The molecule has 106 valence electrons. The second-order valence-electron chi connectivity index (χ2n) is 4.29. The van der Waals surface area contributed by atoms with Crippen LogP contribution in [0.5, 0.6) is 5.75 Å². The molecule has 2 rings (SSSR count). The van der Waals surface area contributed by atoms with Crippen LogP contribution in [0.25, 0.3) is 10.9 Å². The van der Waals surface area contributed by atoms with E-state index >= 15 is 0 Å². The van der Waals surface area contributed by atoms with Crippen LogP contribution >= 0.6 is 0 Å². The molecule has 0 saturated heterocycles. The number of fused-ring (bicyclic) bond motifs is 1. The highest BCUT2D eigenvalue weighted by atomic mass is 19.1. The summed E-state index contributed by atoms with van der Waals surface area (Å²) in [6.07, 6.45) is -0.177. The normalized spacial score (nSPS) is 10.6. The number of carbonyl (C=O) groups is 1. The molecule has 2 aromatic rings. The van der Waals surface area contributed by atoms with Crippen molar-refractivity contribution < 1.29 is 18.7 Å². The number of carbonyl (C=O) groups excluding carboxylic acids is 1. The summed E-state index contributed by atoms with van der Waals surface area (Å²) < 4.78 is 23.9. The minimum absolute atomic E-state index is 0.203. The molecular formula is C15H16FNO3. The summed E-state index contributed by atoms with van der Waals surface area (Å²) in [5, 5.41) is 0.466. The van der Waals surface area contributed by atoms with Crippen LogP contribution in [0.1, 0.15) is 25.1 Å². The molecule has 0 atom stereocenters. The van der Waals surface area contributed by atoms with E-state index in [1.165, 1.54) is 6.07 Å². The van der Waals surface area contributed by atoms with Gasteiger partial charge in [-0.25, -0.2) is 14.2 Å². The van der Waals surface area contributed by atoms with Crippen LogP contribution in [0, 0.1) is 12.7 Å². The van der Waals surface area contributed by atoms with Crippen LogP contribution < -0.4 is 4.74 Å². The second kappa shape index (κ2) is 5.86. The summed E-state index contributed by atoms with van der Waals surface area (Å²) in [4.78, 5) is 15.8. The number of aromatic nitrogens is 1. The van der Waals surface area contributed by atoms with Crippen molar-refractivity contribution in [2.24, 2.45) is 0 Å². The van der Waals surface area contributed by atoms with E-state index in [9.17, 15) is 9.18 Å². The summed E-state index contributed by atoms with van der Waals surface area (Å²) in [6, 6.07) is 4.56. The summed E-state index contributed by atoms with van der Waals surface area (Å²) in [6.45, 7) is 5.62. The number of halogens is 1. The Kier molecular flexibility index (Phi) is 4.17. The van der Waals surface area contributed by atoms with Gasteiger partial charge in [0, 0.05) is 16.6 Å². The van der Waals surface area contributed by atoms with E-state index in [2.05, 4.69) is 4.98 Å². The molecule has 0 unspecified atom stereocenters. The van der Waals surface area contributed by atoms with Gasteiger partial charge in [-0.1, -0.05) is 13.0 Å². The maximum atomic E-state index is 13.9. The fourth-order valence-corrected chi connectivity index (χ4v) is 2.07. The summed E-state index contributed by atoms with van der Waals surface area (Å²) >= 11 is 0. The molecule has 0 amide bonds. The maximum Gasteiger partial charge on any atom is 0.513 e. The largest absolute Gasteiger partial charge is 0.513 e. The van der Waals surface area contributed by atoms with Crippen molar-refractivity contribution in [2.75, 3.05) is 6.61 Å². The monoisotopic (exact) mass is 277 g/mol. The second-order valence-corrected chi connectivity index (χ2v) is 4.29. The van der Waals surface area contributed by atoms with Gasteiger partial charge in [-0.3, -0.25) is 0 Å². The molecular weight excluding hydrogens is 261 g/mol. The zero-order valence-corrected chi connectivity index (χ0v) is 11.7. The Morgan fingerprint density at radius 1 is 1.35 bits per heavy atom. The summed E-state index contributed by atoms with van der Waals surface area (Å²) in [5.74, 6) is -0.129. The molecule has 5 heteroatoms. The van der Waals surface area contributed by atoms with Crippen molar-refractivity contribution in [2.45, 2.75) is 27.2 Å². The number of hydrogen-bond donors (Lipinski definition) is 0. The van der Waals surface area contributed by atoms with Gasteiger partial charge in [0.25, 0.3) is 0 Å². The third kappa shape index (κ3) is 2.57. The molecule has 0 aliphatic rings. The van der Waals surface area contributed by atoms with Crippen molar-refractivity contribution in [1.82, 2.24) is 4.98 Å². The molecule has 20 heavy (non-hydrogen) atoms. The van der Waals surface area contributed by atoms with E-state index in [1.807, 2.05) is 6.92 Å². The van der Waals surface area contributed by atoms with Crippen molar-refractivity contribution in [3.05, 3.63) is 35.3 Å². The third-order valence-electron chi connectivity index (χ3n) is 3.03. The SMILES string of the molecule is CCOC(=O)Oc1c(C)c(CC)nc2c(F)cccc12. The summed E-state index contributed by atoms with van der Waals surface area (Å²) in [5.41, 5.74) is 1.62. The Balaban J connectivity index is 2.63. The lowest BCUT2D eigenvalue weighted by Crippen LogP contribution is -2.12. The quantitative estimate of drug-likeness (QED) is 0.801.